The molecule has 0 saturated heterocycles. The Hall–Kier alpha value is -1.15. The van der Waals surface area contributed by atoms with Crippen LogP contribution >= 0.6 is 11.6 Å². The zero-order valence-corrected chi connectivity index (χ0v) is 14.3. The number of methoxy groups -OCH3 is 1. The van der Waals surface area contributed by atoms with Crippen LogP contribution in [0.15, 0.2) is 24.3 Å². The number of carbonyl (C=O) groups is 1. The molecule has 6 nitrogen and oxygen atoms in total. The Morgan fingerprint density at radius 1 is 1.32 bits per heavy atom. The van der Waals surface area contributed by atoms with E-state index in [0.29, 0.717) is 18.0 Å². The van der Waals surface area contributed by atoms with E-state index in [-0.39, 0.29) is 25.6 Å². The van der Waals surface area contributed by atoms with Gasteiger partial charge < -0.3 is 10.1 Å². The molecule has 0 radical (unpaired) electrons. The molecular weight excluding hydrogens is 328 g/mol. The van der Waals surface area contributed by atoms with Crippen molar-refractivity contribution in [1.82, 2.24) is 9.62 Å². The Morgan fingerprint density at radius 3 is 2.50 bits per heavy atom. The summed E-state index contributed by atoms with van der Waals surface area (Å²) in [6, 6.07) is 7.34. The Labute approximate surface area is 136 Å². The largest absolute Gasteiger partial charge is 0.383 e. The molecule has 1 N–H and O–H groups in total. The van der Waals surface area contributed by atoms with E-state index in [1.807, 2.05) is 12.1 Å². The number of sulfonamides is 1. The number of nitrogens with one attached hydrogen (secondary N) is 1. The summed E-state index contributed by atoms with van der Waals surface area (Å²) in [6.07, 6.45) is 1.73. The number of benzene rings is 1. The summed E-state index contributed by atoms with van der Waals surface area (Å²) >= 11 is 5.80. The van der Waals surface area contributed by atoms with E-state index in [9.17, 15) is 13.2 Å². The second-order valence-electron chi connectivity index (χ2n) is 4.82. The third kappa shape index (κ3) is 7.22. The maximum Gasteiger partial charge on any atom is 0.235 e. The molecule has 0 atom stereocenters. The Balaban J connectivity index is 2.41. The first kappa shape index (κ1) is 18.9. The lowest BCUT2D eigenvalue weighted by Crippen LogP contribution is -2.42. The molecule has 0 fully saturated rings. The lowest BCUT2D eigenvalue weighted by atomic mass is 10.1. The lowest BCUT2D eigenvalue weighted by molar-refractivity contribution is -0.121. The van der Waals surface area contributed by atoms with Crippen LogP contribution in [0.25, 0.3) is 0 Å². The maximum atomic E-state index is 11.8. The van der Waals surface area contributed by atoms with Crippen LogP contribution in [-0.4, -0.2) is 58.2 Å². The van der Waals surface area contributed by atoms with Crippen molar-refractivity contribution in [3.05, 3.63) is 34.9 Å². The first-order valence-electron chi connectivity index (χ1n) is 6.78. The van der Waals surface area contributed by atoms with Crippen LogP contribution in [0.1, 0.15) is 5.56 Å². The summed E-state index contributed by atoms with van der Waals surface area (Å²) in [7, 11) is -1.96. The number of amides is 1. The van der Waals surface area contributed by atoms with Gasteiger partial charge in [-0.05, 0) is 24.1 Å². The summed E-state index contributed by atoms with van der Waals surface area (Å²) < 4.78 is 29.1. The van der Waals surface area contributed by atoms with Crippen molar-refractivity contribution < 1.29 is 17.9 Å². The van der Waals surface area contributed by atoms with Crippen molar-refractivity contribution in [2.24, 2.45) is 0 Å². The third-order valence-corrected chi connectivity index (χ3v) is 4.48. The average molecular weight is 349 g/mol. The number of carbonyl (C=O) groups excluding carboxylic acids is 1. The van der Waals surface area contributed by atoms with Gasteiger partial charge in [-0.1, -0.05) is 23.7 Å². The summed E-state index contributed by atoms with van der Waals surface area (Å²) in [5, 5.41) is 3.37. The summed E-state index contributed by atoms with van der Waals surface area (Å²) in [5.41, 5.74) is 1.05. The molecule has 0 aliphatic heterocycles. The highest BCUT2D eigenvalue weighted by Gasteiger charge is 2.19. The van der Waals surface area contributed by atoms with Gasteiger partial charge in [0.2, 0.25) is 15.9 Å². The molecular formula is C14H21ClN2O4S. The fourth-order valence-corrected chi connectivity index (χ4v) is 2.65. The number of rotatable bonds is 9. The van der Waals surface area contributed by atoms with Gasteiger partial charge in [0.1, 0.15) is 0 Å². The molecule has 22 heavy (non-hydrogen) atoms. The van der Waals surface area contributed by atoms with Crippen LogP contribution in [0.5, 0.6) is 0 Å². The van der Waals surface area contributed by atoms with Gasteiger partial charge in [-0.2, -0.15) is 4.31 Å². The number of hydrogen-bond acceptors (Lipinski definition) is 4. The fourth-order valence-electron chi connectivity index (χ4n) is 1.77. The van der Waals surface area contributed by atoms with E-state index in [0.717, 1.165) is 16.1 Å². The number of hydrogen-bond donors (Lipinski definition) is 1. The lowest BCUT2D eigenvalue weighted by Gasteiger charge is -2.18. The highest BCUT2D eigenvalue weighted by molar-refractivity contribution is 7.88. The van der Waals surface area contributed by atoms with Gasteiger partial charge in [0.25, 0.3) is 0 Å². The van der Waals surface area contributed by atoms with Crippen molar-refractivity contribution in [3.63, 3.8) is 0 Å². The molecule has 1 amide bonds. The van der Waals surface area contributed by atoms with Crippen LogP contribution in [0.2, 0.25) is 5.02 Å². The van der Waals surface area contributed by atoms with Crippen molar-refractivity contribution >= 4 is 27.5 Å². The van der Waals surface area contributed by atoms with Crippen molar-refractivity contribution in [2.75, 3.05) is 39.6 Å². The van der Waals surface area contributed by atoms with E-state index < -0.39 is 10.0 Å². The van der Waals surface area contributed by atoms with E-state index in [1.54, 1.807) is 12.1 Å². The molecule has 0 aliphatic rings. The van der Waals surface area contributed by atoms with Crippen LogP contribution in [0, 0.1) is 0 Å². The van der Waals surface area contributed by atoms with E-state index in [4.69, 9.17) is 16.3 Å². The molecule has 0 aliphatic carbocycles. The molecule has 0 unspecified atom stereocenters. The van der Waals surface area contributed by atoms with Gasteiger partial charge in [0.15, 0.2) is 0 Å². The molecule has 0 bridgehead atoms. The van der Waals surface area contributed by atoms with Gasteiger partial charge in [-0.15, -0.1) is 0 Å². The quantitative estimate of drug-likeness (QED) is 0.719. The van der Waals surface area contributed by atoms with Gasteiger partial charge in [-0.25, -0.2) is 8.42 Å². The van der Waals surface area contributed by atoms with Crippen molar-refractivity contribution in [1.29, 1.82) is 0 Å². The number of ether oxygens (including phenoxy) is 1. The van der Waals surface area contributed by atoms with Crippen LogP contribution in [0.4, 0.5) is 0 Å². The molecule has 0 aromatic heterocycles. The standard InChI is InChI=1S/C14H21ClN2O4S/c1-21-10-9-17(22(2,19)20)11-14(18)16-8-7-12-3-5-13(15)6-4-12/h3-6H,7-11H2,1-2H3,(H,16,18). The molecule has 1 aromatic rings. The van der Waals surface area contributed by atoms with Crippen LogP contribution < -0.4 is 5.32 Å². The molecule has 0 saturated carbocycles. The number of halogens is 1. The summed E-state index contributed by atoms with van der Waals surface area (Å²) in [6.45, 7) is 0.621. The Bertz CT molecular complexity index is 575. The van der Waals surface area contributed by atoms with E-state index in [1.165, 1.54) is 7.11 Å². The highest BCUT2D eigenvalue weighted by Crippen LogP contribution is 2.09. The van der Waals surface area contributed by atoms with Crippen molar-refractivity contribution in [3.8, 4) is 0 Å². The predicted molar refractivity (Wildman–Crippen MR) is 86.5 cm³/mol. The van der Waals surface area contributed by atoms with Gasteiger partial charge in [-0.3, -0.25) is 4.79 Å². The van der Waals surface area contributed by atoms with E-state index >= 15 is 0 Å². The molecule has 8 heteroatoms. The fraction of sp³-hybridized carbons (Fsp3) is 0.500. The SMILES string of the molecule is COCCN(CC(=O)NCCc1ccc(Cl)cc1)S(C)(=O)=O. The predicted octanol–water partition coefficient (Wildman–Crippen LogP) is 0.907. The topological polar surface area (TPSA) is 75.7 Å². The first-order chi connectivity index (χ1) is 10.3. The molecule has 1 aromatic carbocycles. The minimum Gasteiger partial charge on any atom is -0.383 e. The molecule has 124 valence electrons. The zero-order chi connectivity index (χ0) is 16.6. The van der Waals surface area contributed by atoms with Crippen molar-refractivity contribution in [2.45, 2.75) is 6.42 Å². The normalized spacial score (nSPS) is 11.6. The molecule has 0 heterocycles. The van der Waals surface area contributed by atoms with Gasteiger partial charge >= 0.3 is 0 Å². The maximum absolute atomic E-state index is 11.8. The van der Waals surface area contributed by atoms with Gasteiger partial charge in [0.05, 0.1) is 19.4 Å². The third-order valence-electron chi connectivity index (χ3n) is 2.98. The smallest absolute Gasteiger partial charge is 0.235 e. The minimum atomic E-state index is -3.44. The highest BCUT2D eigenvalue weighted by atomic mass is 35.5. The molecule has 1 rings (SSSR count). The second kappa shape index (κ2) is 9.09. The minimum absolute atomic E-state index is 0.153. The summed E-state index contributed by atoms with van der Waals surface area (Å²) in [5.74, 6) is -0.338. The molecule has 0 spiro atoms. The Kier molecular flexibility index (Phi) is 7.81. The number of nitrogens with zero attached hydrogens (tertiary/aromatic N) is 1. The van der Waals surface area contributed by atoms with Crippen LogP contribution in [0.3, 0.4) is 0 Å². The average Bonchev–Trinajstić information content (AvgIpc) is 2.44. The summed E-state index contributed by atoms with van der Waals surface area (Å²) in [4.78, 5) is 11.8. The van der Waals surface area contributed by atoms with Crippen LogP contribution in [-0.2, 0) is 26.0 Å². The van der Waals surface area contributed by atoms with Gasteiger partial charge in [0, 0.05) is 25.2 Å². The zero-order valence-electron chi connectivity index (χ0n) is 12.7. The first-order valence-corrected chi connectivity index (χ1v) is 9.00. The monoisotopic (exact) mass is 348 g/mol. The Morgan fingerprint density at radius 2 is 1.95 bits per heavy atom. The van der Waals surface area contributed by atoms with E-state index in [2.05, 4.69) is 5.32 Å². The second-order valence-corrected chi connectivity index (χ2v) is 7.23.